The Bertz CT molecular complexity index is 758. The zero-order valence-corrected chi connectivity index (χ0v) is 16.1. The molecule has 2 rings (SSSR count). The number of hydrogen-bond donors (Lipinski definition) is 1. The maximum Gasteiger partial charge on any atom is 0.271 e. The number of rotatable bonds is 7. The Balaban J connectivity index is 2.12. The first-order valence-electron chi connectivity index (χ1n) is 8.04. The Hall–Kier alpha value is -2.34. The van der Waals surface area contributed by atoms with Gasteiger partial charge in [-0.05, 0) is 66.5 Å². The van der Waals surface area contributed by atoms with Gasteiger partial charge in [-0.2, -0.15) is 5.10 Å². The lowest BCUT2D eigenvalue weighted by Crippen LogP contribution is -2.17. The Morgan fingerprint density at radius 1 is 1.16 bits per heavy atom. The van der Waals surface area contributed by atoms with Crippen molar-refractivity contribution in [3.05, 3.63) is 57.6 Å². The molecule has 6 heteroatoms. The zero-order valence-electron chi connectivity index (χ0n) is 14.5. The summed E-state index contributed by atoms with van der Waals surface area (Å²) in [6.07, 6.45) is 1.56. The number of aryl methyl sites for hydroxylation is 1. The number of nitrogens with zero attached hydrogens (tertiary/aromatic N) is 1. The minimum Gasteiger partial charge on any atom is -0.490 e. The number of carbonyl (C=O) groups excluding carboxylic acids is 1. The summed E-state index contributed by atoms with van der Waals surface area (Å²) < 4.78 is 12.0. The largest absolute Gasteiger partial charge is 0.490 e. The lowest BCUT2D eigenvalue weighted by atomic mass is 10.1. The number of hydrazone groups is 1. The molecular formula is C19H21BrN2O3. The summed E-state index contributed by atoms with van der Waals surface area (Å²) in [5.41, 5.74) is 4.96. The SMILES string of the molecule is CCOc1cc(/C=N\NC(=O)c2ccc(C)cc2)cc(Br)c1OCC. The minimum absolute atomic E-state index is 0.258. The van der Waals surface area contributed by atoms with E-state index in [2.05, 4.69) is 26.5 Å². The second-order valence-corrected chi connectivity index (χ2v) is 6.12. The standard InChI is InChI=1S/C19H21BrN2O3/c1-4-24-17-11-14(10-16(20)18(17)25-5-2)12-21-22-19(23)15-8-6-13(3)7-9-15/h6-12H,4-5H2,1-3H3,(H,22,23)/b21-12-. The van der Waals surface area contributed by atoms with E-state index in [0.717, 1.165) is 15.6 Å². The van der Waals surface area contributed by atoms with Crippen LogP contribution in [0.5, 0.6) is 11.5 Å². The summed E-state index contributed by atoms with van der Waals surface area (Å²) in [5.74, 6) is 1.03. The lowest BCUT2D eigenvalue weighted by molar-refractivity contribution is 0.0955. The Kier molecular flexibility index (Phi) is 7.01. The molecule has 0 radical (unpaired) electrons. The highest BCUT2D eigenvalue weighted by atomic mass is 79.9. The second-order valence-electron chi connectivity index (χ2n) is 5.26. The third-order valence-electron chi connectivity index (χ3n) is 3.31. The molecule has 132 valence electrons. The smallest absolute Gasteiger partial charge is 0.271 e. The maximum absolute atomic E-state index is 12.0. The molecule has 0 aliphatic heterocycles. The van der Waals surface area contributed by atoms with Gasteiger partial charge in [-0.15, -0.1) is 0 Å². The van der Waals surface area contributed by atoms with Gasteiger partial charge in [-0.1, -0.05) is 17.7 Å². The normalized spacial score (nSPS) is 10.7. The van der Waals surface area contributed by atoms with E-state index in [-0.39, 0.29) is 5.91 Å². The predicted octanol–water partition coefficient (Wildman–Crippen LogP) is 4.32. The molecule has 1 N–H and O–H groups in total. The van der Waals surface area contributed by atoms with Crippen molar-refractivity contribution in [2.75, 3.05) is 13.2 Å². The van der Waals surface area contributed by atoms with Crippen LogP contribution < -0.4 is 14.9 Å². The predicted molar refractivity (Wildman–Crippen MR) is 103 cm³/mol. The number of benzene rings is 2. The molecule has 0 bridgehead atoms. The number of carbonyl (C=O) groups is 1. The van der Waals surface area contributed by atoms with Crippen molar-refractivity contribution in [1.82, 2.24) is 5.43 Å². The fraction of sp³-hybridized carbons (Fsp3) is 0.263. The Labute approximate surface area is 156 Å². The van der Waals surface area contributed by atoms with Crippen LogP contribution in [0, 0.1) is 6.92 Å². The molecule has 0 fully saturated rings. The highest BCUT2D eigenvalue weighted by Gasteiger charge is 2.11. The molecule has 25 heavy (non-hydrogen) atoms. The van der Waals surface area contributed by atoms with E-state index in [1.54, 1.807) is 18.3 Å². The summed E-state index contributed by atoms with van der Waals surface area (Å²) in [4.78, 5) is 12.0. The van der Waals surface area contributed by atoms with Gasteiger partial charge in [0, 0.05) is 5.56 Å². The third kappa shape index (κ3) is 5.32. The maximum atomic E-state index is 12.0. The molecule has 1 amide bonds. The van der Waals surface area contributed by atoms with Crippen LogP contribution in [-0.2, 0) is 0 Å². The van der Waals surface area contributed by atoms with Crippen molar-refractivity contribution >= 4 is 28.1 Å². The summed E-state index contributed by atoms with van der Waals surface area (Å²) in [6.45, 7) is 6.86. The van der Waals surface area contributed by atoms with Gasteiger partial charge in [-0.25, -0.2) is 5.43 Å². The van der Waals surface area contributed by atoms with Crippen LogP contribution in [0.1, 0.15) is 35.3 Å². The summed E-state index contributed by atoms with van der Waals surface area (Å²) in [6, 6.07) is 11.0. The molecule has 0 saturated heterocycles. The molecule has 0 spiro atoms. The first kappa shape index (κ1) is 19.0. The molecule has 0 aliphatic rings. The molecule has 2 aromatic carbocycles. The van der Waals surface area contributed by atoms with Gasteiger partial charge in [0.15, 0.2) is 11.5 Å². The molecule has 0 aliphatic carbocycles. The second kappa shape index (κ2) is 9.22. The van der Waals surface area contributed by atoms with Crippen LogP contribution in [-0.4, -0.2) is 25.3 Å². The van der Waals surface area contributed by atoms with Crippen molar-refractivity contribution in [3.8, 4) is 11.5 Å². The molecule has 5 nitrogen and oxygen atoms in total. The van der Waals surface area contributed by atoms with E-state index in [1.807, 2.05) is 45.0 Å². The van der Waals surface area contributed by atoms with E-state index in [9.17, 15) is 4.79 Å². The summed E-state index contributed by atoms with van der Waals surface area (Å²) >= 11 is 3.48. The third-order valence-corrected chi connectivity index (χ3v) is 3.90. The first-order chi connectivity index (χ1) is 12.0. The minimum atomic E-state index is -0.258. The quantitative estimate of drug-likeness (QED) is 0.552. The van der Waals surface area contributed by atoms with E-state index in [0.29, 0.717) is 30.3 Å². The molecular weight excluding hydrogens is 384 g/mol. The van der Waals surface area contributed by atoms with Gasteiger partial charge in [-0.3, -0.25) is 4.79 Å². The molecule has 2 aromatic rings. The summed E-state index contributed by atoms with van der Waals surface area (Å²) in [5, 5.41) is 4.02. The highest BCUT2D eigenvalue weighted by molar-refractivity contribution is 9.10. The van der Waals surface area contributed by atoms with Crippen molar-refractivity contribution in [2.45, 2.75) is 20.8 Å². The monoisotopic (exact) mass is 404 g/mol. The van der Waals surface area contributed by atoms with Gasteiger partial charge in [0.05, 0.1) is 23.9 Å². The average molecular weight is 405 g/mol. The van der Waals surface area contributed by atoms with E-state index in [1.165, 1.54) is 0 Å². The number of halogens is 1. The highest BCUT2D eigenvalue weighted by Crippen LogP contribution is 2.36. The fourth-order valence-electron chi connectivity index (χ4n) is 2.14. The number of ether oxygens (including phenoxy) is 2. The van der Waals surface area contributed by atoms with Gasteiger partial charge in [0.2, 0.25) is 0 Å². The number of hydrogen-bond acceptors (Lipinski definition) is 4. The lowest BCUT2D eigenvalue weighted by Gasteiger charge is -2.13. The fourth-order valence-corrected chi connectivity index (χ4v) is 2.72. The van der Waals surface area contributed by atoms with Crippen molar-refractivity contribution in [3.63, 3.8) is 0 Å². The molecule has 0 saturated carbocycles. The summed E-state index contributed by atoms with van der Waals surface area (Å²) in [7, 11) is 0. The molecule has 0 heterocycles. The molecule has 0 unspecified atom stereocenters. The van der Waals surface area contributed by atoms with E-state index in [4.69, 9.17) is 9.47 Å². The van der Waals surface area contributed by atoms with Crippen LogP contribution in [0.2, 0.25) is 0 Å². The first-order valence-corrected chi connectivity index (χ1v) is 8.83. The topological polar surface area (TPSA) is 59.9 Å². The average Bonchev–Trinajstić information content (AvgIpc) is 2.59. The van der Waals surface area contributed by atoms with Crippen molar-refractivity contribution < 1.29 is 14.3 Å². The van der Waals surface area contributed by atoms with Gasteiger partial charge in [0.1, 0.15) is 0 Å². The van der Waals surface area contributed by atoms with E-state index >= 15 is 0 Å². The van der Waals surface area contributed by atoms with Gasteiger partial charge >= 0.3 is 0 Å². The molecule has 0 atom stereocenters. The molecule has 0 aromatic heterocycles. The number of amides is 1. The van der Waals surface area contributed by atoms with Gasteiger partial charge < -0.3 is 9.47 Å². The van der Waals surface area contributed by atoms with Crippen LogP contribution >= 0.6 is 15.9 Å². The van der Waals surface area contributed by atoms with Crippen molar-refractivity contribution in [1.29, 1.82) is 0 Å². The van der Waals surface area contributed by atoms with Crippen molar-refractivity contribution in [2.24, 2.45) is 5.10 Å². The van der Waals surface area contributed by atoms with Crippen LogP contribution in [0.3, 0.4) is 0 Å². The Morgan fingerprint density at radius 3 is 2.48 bits per heavy atom. The van der Waals surface area contributed by atoms with Crippen LogP contribution in [0.15, 0.2) is 46.0 Å². The van der Waals surface area contributed by atoms with Gasteiger partial charge in [0.25, 0.3) is 5.91 Å². The Morgan fingerprint density at radius 2 is 1.84 bits per heavy atom. The number of nitrogens with one attached hydrogen (secondary N) is 1. The zero-order chi connectivity index (χ0) is 18.2. The van der Waals surface area contributed by atoms with E-state index < -0.39 is 0 Å². The van der Waals surface area contributed by atoms with Crippen LogP contribution in [0.25, 0.3) is 0 Å². The van der Waals surface area contributed by atoms with Crippen LogP contribution in [0.4, 0.5) is 0 Å².